The first-order chi connectivity index (χ1) is 13.1. The number of anilines is 1. The van der Waals surface area contributed by atoms with E-state index in [1.807, 2.05) is 61.1 Å². The molecule has 1 aliphatic rings. The zero-order valence-electron chi connectivity index (χ0n) is 15.6. The van der Waals surface area contributed by atoms with E-state index in [0.29, 0.717) is 12.8 Å². The SMILES string of the molecule is Cc1cc(C)n(-c2cccc(NC(=O)C3(n4cccn4)CCNCC3)c2)n1. The van der Waals surface area contributed by atoms with E-state index in [4.69, 9.17) is 0 Å². The van der Waals surface area contributed by atoms with Crippen molar-refractivity contribution in [3.63, 3.8) is 0 Å². The Labute approximate surface area is 158 Å². The molecule has 140 valence electrons. The average molecular weight is 364 g/mol. The summed E-state index contributed by atoms with van der Waals surface area (Å²) in [7, 11) is 0. The van der Waals surface area contributed by atoms with Crippen molar-refractivity contribution in [1.82, 2.24) is 24.9 Å². The molecule has 27 heavy (non-hydrogen) atoms. The van der Waals surface area contributed by atoms with E-state index in [1.165, 1.54) is 0 Å². The summed E-state index contributed by atoms with van der Waals surface area (Å²) in [4.78, 5) is 13.3. The molecule has 0 unspecified atom stereocenters. The molecule has 4 rings (SSSR count). The Morgan fingerprint density at radius 2 is 2.00 bits per heavy atom. The minimum absolute atomic E-state index is 0.0294. The third-order valence-electron chi connectivity index (χ3n) is 5.15. The van der Waals surface area contributed by atoms with E-state index in [2.05, 4.69) is 20.8 Å². The maximum Gasteiger partial charge on any atom is 0.252 e. The van der Waals surface area contributed by atoms with Gasteiger partial charge in [-0.05, 0) is 70.1 Å². The van der Waals surface area contributed by atoms with Gasteiger partial charge in [0.05, 0.1) is 11.4 Å². The number of carbonyl (C=O) groups excluding carboxylic acids is 1. The van der Waals surface area contributed by atoms with Gasteiger partial charge in [0, 0.05) is 23.8 Å². The molecule has 1 saturated heterocycles. The zero-order valence-corrected chi connectivity index (χ0v) is 15.6. The fourth-order valence-corrected chi connectivity index (χ4v) is 3.78. The first kappa shape index (κ1) is 17.5. The second kappa shape index (κ2) is 7.00. The summed E-state index contributed by atoms with van der Waals surface area (Å²) in [5, 5.41) is 15.3. The number of carbonyl (C=O) groups is 1. The van der Waals surface area contributed by atoms with Gasteiger partial charge in [-0.1, -0.05) is 6.07 Å². The monoisotopic (exact) mass is 364 g/mol. The summed E-state index contributed by atoms with van der Waals surface area (Å²) in [6, 6.07) is 11.7. The molecule has 7 nitrogen and oxygen atoms in total. The summed E-state index contributed by atoms with van der Waals surface area (Å²) in [5.41, 5.74) is 3.05. The van der Waals surface area contributed by atoms with Gasteiger partial charge in [-0.3, -0.25) is 9.48 Å². The van der Waals surface area contributed by atoms with Crippen LogP contribution < -0.4 is 10.6 Å². The van der Waals surface area contributed by atoms with E-state index >= 15 is 0 Å². The van der Waals surface area contributed by atoms with Gasteiger partial charge in [-0.2, -0.15) is 10.2 Å². The van der Waals surface area contributed by atoms with Crippen molar-refractivity contribution < 1.29 is 4.79 Å². The molecule has 3 heterocycles. The van der Waals surface area contributed by atoms with Gasteiger partial charge in [0.1, 0.15) is 5.54 Å². The number of nitrogens with zero attached hydrogens (tertiary/aromatic N) is 4. The molecule has 0 spiro atoms. The van der Waals surface area contributed by atoms with Crippen molar-refractivity contribution in [3.05, 3.63) is 60.2 Å². The number of benzene rings is 1. The van der Waals surface area contributed by atoms with Crippen LogP contribution in [-0.2, 0) is 10.3 Å². The molecule has 2 N–H and O–H groups in total. The Kier molecular flexibility index (Phi) is 4.53. The van der Waals surface area contributed by atoms with Gasteiger partial charge in [0.25, 0.3) is 5.91 Å². The van der Waals surface area contributed by atoms with E-state index in [9.17, 15) is 4.79 Å². The van der Waals surface area contributed by atoms with Crippen LogP contribution in [0.1, 0.15) is 24.2 Å². The second-order valence-corrected chi connectivity index (χ2v) is 7.08. The maximum absolute atomic E-state index is 13.3. The van der Waals surface area contributed by atoms with E-state index in [1.54, 1.807) is 10.9 Å². The molecule has 1 aromatic carbocycles. The third-order valence-corrected chi connectivity index (χ3v) is 5.15. The fourth-order valence-electron chi connectivity index (χ4n) is 3.78. The predicted molar refractivity (Wildman–Crippen MR) is 104 cm³/mol. The second-order valence-electron chi connectivity index (χ2n) is 7.08. The highest BCUT2D eigenvalue weighted by Gasteiger charge is 2.42. The number of rotatable bonds is 4. The minimum Gasteiger partial charge on any atom is -0.324 e. The summed E-state index contributed by atoms with van der Waals surface area (Å²) < 4.78 is 3.69. The van der Waals surface area contributed by atoms with Crippen LogP contribution in [0.4, 0.5) is 5.69 Å². The van der Waals surface area contributed by atoms with Crippen molar-refractivity contribution in [1.29, 1.82) is 0 Å². The van der Waals surface area contributed by atoms with E-state index < -0.39 is 5.54 Å². The molecular weight excluding hydrogens is 340 g/mol. The van der Waals surface area contributed by atoms with Gasteiger partial charge in [-0.25, -0.2) is 4.68 Å². The molecule has 1 fully saturated rings. The molecule has 3 aromatic rings. The number of aromatic nitrogens is 4. The Hall–Kier alpha value is -2.93. The molecule has 0 bridgehead atoms. The van der Waals surface area contributed by atoms with Crippen LogP contribution in [0.25, 0.3) is 5.69 Å². The Morgan fingerprint density at radius 1 is 1.19 bits per heavy atom. The van der Waals surface area contributed by atoms with Crippen LogP contribution in [0.2, 0.25) is 0 Å². The van der Waals surface area contributed by atoms with Gasteiger partial charge >= 0.3 is 0 Å². The summed E-state index contributed by atoms with van der Waals surface area (Å²) in [6.45, 7) is 5.57. The van der Waals surface area contributed by atoms with E-state index in [-0.39, 0.29) is 5.91 Å². The minimum atomic E-state index is -0.664. The molecule has 7 heteroatoms. The molecular formula is C20H24N6O. The average Bonchev–Trinajstić information content (AvgIpc) is 3.32. The van der Waals surface area contributed by atoms with Gasteiger partial charge < -0.3 is 10.6 Å². The third kappa shape index (κ3) is 3.26. The van der Waals surface area contributed by atoms with Gasteiger partial charge in [-0.15, -0.1) is 0 Å². The topological polar surface area (TPSA) is 76.8 Å². The van der Waals surface area contributed by atoms with Crippen LogP contribution in [0.3, 0.4) is 0 Å². The van der Waals surface area contributed by atoms with Crippen LogP contribution in [0, 0.1) is 13.8 Å². The maximum atomic E-state index is 13.3. The van der Waals surface area contributed by atoms with Crippen LogP contribution in [0.15, 0.2) is 48.8 Å². The lowest BCUT2D eigenvalue weighted by Crippen LogP contribution is -2.52. The molecule has 0 radical (unpaired) electrons. The lowest BCUT2D eigenvalue weighted by molar-refractivity contribution is -0.126. The quantitative estimate of drug-likeness (QED) is 0.745. The zero-order chi connectivity index (χ0) is 18.9. The summed E-state index contributed by atoms with van der Waals surface area (Å²) >= 11 is 0. The Morgan fingerprint density at radius 3 is 2.67 bits per heavy atom. The number of hydrogen-bond donors (Lipinski definition) is 2. The number of nitrogens with one attached hydrogen (secondary N) is 2. The van der Waals surface area contributed by atoms with Crippen molar-refractivity contribution in [2.45, 2.75) is 32.2 Å². The lowest BCUT2D eigenvalue weighted by atomic mass is 9.87. The number of hydrogen-bond acceptors (Lipinski definition) is 4. The van der Waals surface area contributed by atoms with Crippen LogP contribution in [0.5, 0.6) is 0 Å². The smallest absolute Gasteiger partial charge is 0.252 e. The highest BCUT2D eigenvalue weighted by Crippen LogP contribution is 2.29. The highest BCUT2D eigenvalue weighted by atomic mass is 16.2. The standard InChI is InChI=1S/C20H24N6O/c1-15-13-16(2)26(24-15)18-6-3-5-17(14-18)23-19(27)20(7-10-21-11-8-20)25-12-4-9-22-25/h3-6,9,12-14,21H,7-8,10-11H2,1-2H3,(H,23,27). The van der Waals surface area contributed by atoms with Gasteiger partial charge in [0.15, 0.2) is 0 Å². The normalized spacial score (nSPS) is 16.2. The molecule has 0 saturated carbocycles. The summed E-state index contributed by atoms with van der Waals surface area (Å²) in [5.74, 6) is -0.0294. The fraction of sp³-hybridized carbons (Fsp3) is 0.350. The summed E-state index contributed by atoms with van der Waals surface area (Å²) in [6.07, 6.45) is 5.01. The van der Waals surface area contributed by atoms with Crippen LogP contribution >= 0.6 is 0 Å². The first-order valence-electron chi connectivity index (χ1n) is 9.24. The van der Waals surface area contributed by atoms with E-state index in [0.717, 1.165) is 35.9 Å². The molecule has 0 atom stereocenters. The molecule has 0 aliphatic carbocycles. The molecule has 1 aliphatic heterocycles. The number of aryl methyl sites for hydroxylation is 2. The highest BCUT2D eigenvalue weighted by molar-refractivity contribution is 5.97. The lowest BCUT2D eigenvalue weighted by Gasteiger charge is -2.36. The van der Waals surface area contributed by atoms with Gasteiger partial charge in [0.2, 0.25) is 0 Å². The van der Waals surface area contributed by atoms with Crippen molar-refractivity contribution >= 4 is 11.6 Å². The predicted octanol–water partition coefficient (Wildman–Crippen LogP) is 2.40. The van der Waals surface area contributed by atoms with Crippen LogP contribution in [-0.4, -0.2) is 38.6 Å². The largest absolute Gasteiger partial charge is 0.324 e. The number of amides is 1. The Balaban J connectivity index is 1.62. The number of piperidine rings is 1. The molecule has 2 aromatic heterocycles. The van der Waals surface area contributed by atoms with Crippen molar-refractivity contribution in [2.75, 3.05) is 18.4 Å². The Bertz CT molecular complexity index is 937. The molecule has 1 amide bonds. The van der Waals surface area contributed by atoms with Crippen molar-refractivity contribution in [3.8, 4) is 5.69 Å². The first-order valence-corrected chi connectivity index (χ1v) is 9.24. The van der Waals surface area contributed by atoms with Crippen molar-refractivity contribution in [2.24, 2.45) is 0 Å².